The van der Waals surface area contributed by atoms with E-state index in [1.165, 1.54) is 6.42 Å². The number of hydrogen-bond acceptors (Lipinski definition) is 5. The molecular weight excluding hydrogens is 375 g/mol. The minimum absolute atomic E-state index is 0.0178. The van der Waals surface area contributed by atoms with Gasteiger partial charge in [-0.3, -0.25) is 4.90 Å². The van der Waals surface area contributed by atoms with Crippen molar-refractivity contribution in [3.63, 3.8) is 0 Å². The summed E-state index contributed by atoms with van der Waals surface area (Å²) in [4.78, 5) is 19.6. The van der Waals surface area contributed by atoms with Crippen molar-refractivity contribution in [3.05, 3.63) is 22.4 Å². The molecule has 1 aromatic rings. The molecule has 0 radical (unpaired) electrons. The van der Waals surface area contributed by atoms with Crippen LogP contribution in [0.2, 0.25) is 10.2 Å². The lowest BCUT2D eigenvalue weighted by Gasteiger charge is -2.37. The largest absolute Gasteiger partial charge is 0.446 e. The van der Waals surface area contributed by atoms with Crippen LogP contribution in [0.15, 0.2) is 12.3 Å². The van der Waals surface area contributed by atoms with Crippen molar-refractivity contribution in [1.29, 1.82) is 0 Å². The van der Waals surface area contributed by atoms with Crippen LogP contribution >= 0.6 is 23.2 Å². The number of rotatable bonds is 5. The van der Waals surface area contributed by atoms with E-state index in [-0.39, 0.29) is 6.10 Å². The lowest BCUT2D eigenvalue weighted by Crippen LogP contribution is -2.47. The Bertz CT molecular complexity index is 615. The van der Waals surface area contributed by atoms with Crippen LogP contribution in [0.25, 0.3) is 0 Å². The third-order valence-electron chi connectivity index (χ3n) is 5.44. The number of anilines is 1. The van der Waals surface area contributed by atoms with Crippen molar-refractivity contribution in [2.75, 3.05) is 37.6 Å². The first-order chi connectivity index (χ1) is 12.5. The van der Waals surface area contributed by atoms with Gasteiger partial charge in [0.15, 0.2) is 0 Å². The highest BCUT2D eigenvalue weighted by molar-refractivity contribution is 6.34. The van der Waals surface area contributed by atoms with Gasteiger partial charge in [0.05, 0.1) is 10.7 Å². The molecule has 1 aromatic heterocycles. The summed E-state index contributed by atoms with van der Waals surface area (Å²) in [5.41, 5.74) is 6.07. The maximum atomic E-state index is 10.8. The van der Waals surface area contributed by atoms with E-state index in [1.54, 1.807) is 6.20 Å². The molecule has 0 aromatic carbocycles. The van der Waals surface area contributed by atoms with Crippen molar-refractivity contribution in [3.8, 4) is 0 Å². The molecule has 0 bridgehead atoms. The first kappa shape index (κ1) is 19.5. The summed E-state index contributed by atoms with van der Waals surface area (Å²) in [7, 11) is 0. The number of carbonyl (C=O) groups excluding carboxylic acids is 1. The Morgan fingerprint density at radius 3 is 2.54 bits per heavy atom. The zero-order valence-corrected chi connectivity index (χ0v) is 16.4. The summed E-state index contributed by atoms with van der Waals surface area (Å²) >= 11 is 12.3. The highest BCUT2D eigenvalue weighted by Crippen LogP contribution is 2.30. The third-order valence-corrected chi connectivity index (χ3v) is 5.94. The lowest BCUT2D eigenvalue weighted by atomic mass is 9.85. The van der Waals surface area contributed by atoms with E-state index in [2.05, 4.69) is 14.8 Å². The molecule has 1 amide bonds. The predicted octanol–water partition coefficient (Wildman–Crippen LogP) is 3.55. The molecule has 144 valence electrons. The number of nitrogens with two attached hydrogens (primary N) is 1. The van der Waals surface area contributed by atoms with Gasteiger partial charge in [-0.25, -0.2) is 9.78 Å². The molecule has 0 unspecified atom stereocenters. The number of carbonyl (C=O) groups is 1. The van der Waals surface area contributed by atoms with Gasteiger partial charge in [-0.2, -0.15) is 0 Å². The second kappa shape index (κ2) is 9.11. The number of amides is 1. The number of nitrogens with zero attached hydrogens (tertiary/aromatic N) is 3. The normalized spacial score (nSPS) is 24.5. The molecule has 2 heterocycles. The fourth-order valence-electron chi connectivity index (χ4n) is 3.93. The van der Waals surface area contributed by atoms with Gasteiger partial charge in [-0.15, -0.1) is 0 Å². The monoisotopic (exact) mass is 400 g/mol. The van der Waals surface area contributed by atoms with Gasteiger partial charge in [0.2, 0.25) is 0 Å². The first-order valence-corrected chi connectivity index (χ1v) is 10.0. The van der Waals surface area contributed by atoms with Crippen LogP contribution < -0.4 is 10.6 Å². The Labute approximate surface area is 164 Å². The van der Waals surface area contributed by atoms with Crippen LogP contribution in [-0.4, -0.2) is 54.8 Å². The highest BCUT2D eigenvalue weighted by atomic mass is 35.5. The minimum Gasteiger partial charge on any atom is -0.446 e. The summed E-state index contributed by atoms with van der Waals surface area (Å²) in [6.45, 7) is 5.05. The fourth-order valence-corrected chi connectivity index (χ4v) is 4.30. The predicted molar refractivity (Wildman–Crippen MR) is 104 cm³/mol. The average Bonchev–Trinajstić information content (AvgIpc) is 2.63. The molecule has 1 aliphatic carbocycles. The van der Waals surface area contributed by atoms with E-state index in [4.69, 9.17) is 33.7 Å². The highest BCUT2D eigenvalue weighted by Gasteiger charge is 2.25. The number of ether oxygens (including phenoxy) is 1. The van der Waals surface area contributed by atoms with E-state index in [0.29, 0.717) is 16.1 Å². The molecule has 26 heavy (non-hydrogen) atoms. The molecule has 3 rings (SSSR count). The molecule has 2 aliphatic rings. The van der Waals surface area contributed by atoms with Gasteiger partial charge in [0.25, 0.3) is 0 Å². The van der Waals surface area contributed by atoms with Gasteiger partial charge in [0, 0.05) is 38.4 Å². The van der Waals surface area contributed by atoms with E-state index >= 15 is 0 Å². The number of aromatic nitrogens is 1. The molecule has 1 saturated carbocycles. The van der Waals surface area contributed by atoms with Crippen molar-refractivity contribution < 1.29 is 9.53 Å². The summed E-state index contributed by atoms with van der Waals surface area (Å²) in [5.74, 6) is 0.717. The van der Waals surface area contributed by atoms with Gasteiger partial charge in [-0.1, -0.05) is 23.2 Å². The molecule has 2 N–H and O–H groups in total. The third kappa shape index (κ3) is 5.38. The fraction of sp³-hybridized carbons (Fsp3) is 0.667. The Hall–Kier alpha value is -1.24. The Kier molecular flexibility index (Phi) is 6.84. The minimum atomic E-state index is -0.651. The van der Waals surface area contributed by atoms with E-state index in [0.717, 1.165) is 64.1 Å². The van der Waals surface area contributed by atoms with Crippen molar-refractivity contribution >= 4 is 35.0 Å². The van der Waals surface area contributed by atoms with Gasteiger partial charge in [-0.05, 0) is 44.6 Å². The molecule has 0 atom stereocenters. The number of primary amides is 1. The van der Waals surface area contributed by atoms with Gasteiger partial charge < -0.3 is 15.4 Å². The van der Waals surface area contributed by atoms with E-state index in [1.807, 2.05) is 6.07 Å². The zero-order valence-electron chi connectivity index (χ0n) is 14.9. The maximum absolute atomic E-state index is 10.8. The second-order valence-electron chi connectivity index (χ2n) is 7.16. The van der Waals surface area contributed by atoms with Crippen molar-refractivity contribution in [2.24, 2.45) is 11.7 Å². The molecule has 1 saturated heterocycles. The first-order valence-electron chi connectivity index (χ1n) is 9.25. The smallest absolute Gasteiger partial charge is 0.404 e. The van der Waals surface area contributed by atoms with Crippen LogP contribution in [-0.2, 0) is 4.74 Å². The van der Waals surface area contributed by atoms with E-state index < -0.39 is 6.09 Å². The van der Waals surface area contributed by atoms with Crippen LogP contribution in [0, 0.1) is 5.92 Å². The Morgan fingerprint density at radius 2 is 1.88 bits per heavy atom. The number of hydrogen-bond donors (Lipinski definition) is 1. The number of halogens is 2. The SMILES string of the molecule is NC(=O)O[C@H]1CC[C@H](CCN2CCN(c3cc(Cl)ncc3Cl)CC2)CC1. The molecule has 8 heteroatoms. The molecule has 0 spiro atoms. The number of pyridine rings is 1. The Morgan fingerprint density at radius 1 is 1.19 bits per heavy atom. The van der Waals surface area contributed by atoms with Crippen LogP contribution in [0.4, 0.5) is 10.5 Å². The van der Waals surface area contributed by atoms with Crippen LogP contribution in [0.1, 0.15) is 32.1 Å². The molecule has 6 nitrogen and oxygen atoms in total. The summed E-state index contributed by atoms with van der Waals surface area (Å²) in [6, 6.07) is 1.84. The second-order valence-corrected chi connectivity index (χ2v) is 7.95. The van der Waals surface area contributed by atoms with Crippen LogP contribution in [0.5, 0.6) is 0 Å². The van der Waals surface area contributed by atoms with E-state index in [9.17, 15) is 4.79 Å². The lowest BCUT2D eigenvalue weighted by molar-refractivity contribution is 0.0679. The molecule has 2 fully saturated rings. The van der Waals surface area contributed by atoms with Gasteiger partial charge in [0.1, 0.15) is 11.3 Å². The van der Waals surface area contributed by atoms with Crippen LogP contribution in [0.3, 0.4) is 0 Å². The summed E-state index contributed by atoms with van der Waals surface area (Å²) in [6.07, 6.45) is 6.28. The zero-order chi connectivity index (χ0) is 18.5. The maximum Gasteiger partial charge on any atom is 0.404 e. The average molecular weight is 401 g/mol. The number of piperazine rings is 1. The van der Waals surface area contributed by atoms with Crippen molar-refractivity contribution in [2.45, 2.75) is 38.2 Å². The quantitative estimate of drug-likeness (QED) is 0.764. The molecule has 1 aliphatic heterocycles. The summed E-state index contributed by atoms with van der Waals surface area (Å²) in [5, 5.41) is 1.13. The molecular formula is C18H26Cl2N4O2. The summed E-state index contributed by atoms with van der Waals surface area (Å²) < 4.78 is 5.10. The Balaban J connectivity index is 1.38. The van der Waals surface area contributed by atoms with Crippen molar-refractivity contribution in [1.82, 2.24) is 9.88 Å². The van der Waals surface area contributed by atoms with Gasteiger partial charge >= 0.3 is 6.09 Å². The standard InChI is InChI=1S/C18H26Cl2N4O2/c19-15-12-22-17(20)11-16(15)24-9-7-23(8-10-24)6-5-13-1-3-14(4-2-13)26-18(21)25/h11-14H,1-10H2,(H2,21,25)/t13-,14-. The topological polar surface area (TPSA) is 71.7 Å².